The van der Waals surface area contributed by atoms with Gasteiger partial charge in [0.05, 0.1) is 52.6 Å². The summed E-state index contributed by atoms with van der Waals surface area (Å²) < 4.78 is 238. The van der Waals surface area contributed by atoms with E-state index in [-0.39, 0.29) is 30.0 Å². The summed E-state index contributed by atoms with van der Waals surface area (Å²) in [6.07, 6.45) is -9.70. The zero-order valence-electron chi connectivity index (χ0n) is 37.2. The number of sulfonamides is 1. The largest absolute Gasteiger partial charge is 0.534 e. The lowest BCUT2D eigenvalue weighted by Crippen LogP contribution is -2.38. The molecule has 0 bridgehead atoms. The first-order valence-corrected chi connectivity index (χ1v) is 24.9. The van der Waals surface area contributed by atoms with Gasteiger partial charge in [-0.3, -0.25) is 23.5 Å². The van der Waals surface area contributed by atoms with E-state index in [1.54, 1.807) is 0 Å². The quantitative estimate of drug-likeness (QED) is 0.0529. The summed E-state index contributed by atoms with van der Waals surface area (Å²) in [6.45, 7) is -3.43. The maximum Gasteiger partial charge on any atom is 0.534 e. The number of hydrogen-bond acceptors (Lipinski definition) is 11. The van der Waals surface area contributed by atoms with Gasteiger partial charge in [-0.25, -0.2) is 30.3 Å². The van der Waals surface area contributed by atoms with E-state index in [1.807, 2.05) is 0 Å². The lowest BCUT2D eigenvalue weighted by molar-refractivity contribution is -0.142. The Bertz CT molecular complexity index is 3510. The van der Waals surface area contributed by atoms with Crippen LogP contribution in [0.4, 0.5) is 58.5 Å². The van der Waals surface area contributed by atoms with Gasteiger partial charge in [0, 0.05) is 24.0 Å². The fourth-order valence-electron chi connectivity index (χ4n) is 8.89. The third kappa shape index (κ3) is 9.69. The van der Waals surface area contributed by atoms with Crippen molar-refractivity contribution in [3.05, 3.63) is 122 Å². The van der Waals surface area contributed by atoms with Crippen LogP contribution in [0.2, 0.25) is 5.02 Å². The molecular weight excluding hydrogens is 1080 g/mol. The highest BCUT2D eigenvalue weighted by atomic mass is 35.5. The SMILES string of the molecule is COc1ccc(CN(c2nn(CC(F)F)c3c(-n4c([C@H](Cc5cc(F)cc(F)c5)NC(=O)Cn5nc(C(F)(F)F)c6c5C(F)(F)C5C[C@@H]65)nc(OS(=O)(=O)C(F)(F)F)cc4=O)ccc(Cl)c23)S(=O)(=O)C2CC2)cc1. The fourth-order valence-corrected chi connectivity index (χ4v) is 11.3. The Morgan fingerprint density at radius 2 is 1.59 bits per heavy atom. The Morgan fingerprint density at radius 1 is 0.932 bits per heavy atom. The Morgan fingerprint density at radius 3 is 2.19 bits per heavy atom. The summed E-state index contributed by atoms with van der Waals surface area (Å²) in [5.41, 5.74) is -13.3. The number of carbonyl (C=O) groups excluding carboxylic acids is 1. The number of ether oxygens (including phenoxy) is 1. The highest BCUT2D eigenvalue weighted by molar-refractivity contribution is 7.93. The molecule has 74 heavy (non-hydrogen) atoms. The number of aromatic nitrogens is 6. The van der Waals surface area contributed by atoms with E-state index in [0.29, 0.717) is 38.8 Å². The standard InChI is InChI=1S/C43H33ClF12N8O8S2/c1-71-23-4-2-19(3-5-23)16-63(73(67,68)24-6-7-24)40-35-27(44)8-9-29(36(35)61(60-40)17-30(47)48)64-33(66)15-32(72-74(69,70)43(54,55)56)58-39(64)28(12-20-10-21(45)13-22(46)11-20)57-31(65)18-62-38-34(37(59-62)42(51,52)53)25-14-26(25)41(38,49)50/h2-5,8-11,13,15,24-26,28,30H,6-7,12,14,16-18H2,1H3,(H,57,65)/t25-,26?,28+/m1/s1. The molecule has 0 aliphatic heterocycles. The minimum Gasteiger partial charge on any atom is -0.497 e. The molecule has 3 atom stereocenters. The number of benzene rings is 3. The Balaban J connectivity index is 1.26. The van der Waals surface area contributed by atoms with Crippen LogP contribution in [0.15, 0.2) is 65.5 Å². The molecule has 3 aromatic carbocycles. The van der Waals surface area contributed by atoms with E-state index in [2.05, 4.69) is 24.7 Å². The number of fused-ring (bicyclic) bond motifs is 4. The van der Waals surface area contributed by atoms with Gasteiger partial charge in [-0.2, -0.15) is 58.7 Å². The molecule has 1 unspecified atom stereocenters. The predicted octanol–water partition coefficient (Wildman–Crippen LogP) is 8.04. The molecule has 9 rings (SSSR count). The molecule has 16 nitrogen and oxygen atoms in total. The van der Waals surface area contributed by atoms with Crippen molar-refractivity contribution in [1.29, 1.82) is 0 Å². The van der Waals surface area contributed by atoms with Gasteiger partial charge in [-0.15, -0.1) is 0 Å². The lowest BCUT2D eigenvalue weighted by Gasteiger charge is -2.24. The van der Waals surface area contributed by atoms with Crippen LogP contribution in [-0.4, -0.2) is 76.1 Å². The van der Waals surface area contributed by atoms with Crippen LogP contribution in [0.25, 0.3) is 16.6 Å². The van der Waals surface area contributed by atoms with Crippen LogP contribution in [-0.2, 0) is 63.1 Å². The van der Waals surface area contributed by atoms with Crippen molar-refractivity contribution in [3.8, 4) is 17.3 Å². The molecule has 3 aromatic heterocycles. The van der Waals surface area contributed by atoms with Gasteiger partial charge in [0.2, 0.25) is 21.8 Å². The average molecular weight is 1120 g/mol. The number of rotatable bonds is 17. The van der Waals surface area contributed by atoms with Crippen LogP contribution >= 0.6 is 11.6 Å². The number of halogens is 13. The summed E-state index contributed by atoms with van der Waals surface area (Å²) >= 11 is 6.74. The van der Waals surface area contributed by atoms with Crippen molar-refractivity contribution in [2.75, 3.05) is 11.4 Å². The van der Waals surface area contributed by atoms with Gasteiger partial charge >= 0.3 is 21.8 Å². The molecule has 3 heterocycles. The number of hydrogen-bond donors (Lipinski definition) is 1. The topological polar surface area (TPSA) is 190 Å². The van der Waals surface area contributed by atoms with Crippen molar-refractivity contribution in [1.82, 2.24) is 34.4 Å². The van der Waals surface area contributed by atoms with Crippen LogP contribution < -0.4 is 24.1 Å². The Labute approximate surface area is 413 Å². The zero-order chi connectivity index (χ0) is 53.8. The van der Waals surface area contributed by atoms with Crippen LogP contribution in [0.5, 0.6) is 11.6 Å². The summed E-state index contributed by atoms with van der Waals surface area (Å²) in [5.74, 6) is -14.1. The minimum absolute atomic E-state index is 0.0506. The van der Waals surface area contributed by atoms with Gasteiger partial charge in [0.25, 0.3) is 17.9 Å². The van der Waals surface area contributed by atoms with E-state index in [9.17, 15) is 70.3 Å². The number of nitrogens with one attached hydrogen (secondary N) is 1. The first-order valence-electron chi connectivity index (χ1n) is 21.6. The highest BCUT2D eigenvalue weighted by Gasteiger charge is 2.68. The van der Waals surface area contributed by atoms with Gasteiger partial charge in [0.1, 0.15) is 42.0 Å². The van der Waals surface area contributed by atoms with Crippen LogP contribution in [0.1, 0.15) is 65.1 Å². The molecular formula is C43H33ClF12N8O8S2. The molecule has 1 amide bonds. The first kappa shape index (κ1) is 52.3. The first-order chi connectivity index (χ1) is 34.5. The second-order valence-corrected chi connectivity index (χ2v) is 21.4. The number of carbonyl (C=O) groups is 1. The number of methoxy groups -OCH3 is 1. The second kappa shape index (κ2) is 18.4. The molecule has 3 aliphatic rings. The summed E-state index contributed by atoms with van der Waals surface area (Å²) in [7, 11) is -9.81. The van der Waals surface area contributed by atoms with E-state index >= 15 is 8.78 Å². The van der Waals surface area contributed by atoms with E-state index in [0.717, 1.165) is 16.4 Å². The van der Waals surface area contributed by atoms with Gasteiger partial charge in [-0.05, 0) is 72.7 Å². The fraction of sp³-hybridized carbons (Fsp3) is 0.372. The summed E-state index contributed by atoms with van der Waals surface area (Å²) in [5, 5.41) is 7.75. The van der Waals surface area contributed by atoms with Crippen molar-refractivity contribution in [2.24, 2.45) is 5.92 Å². The molecule has 0 radical (unpaired) electrons. The van der Waals surface area contributed by atoms with Gasteiger partial charge in [-0.1, -0.05) is 23.7 Å². The molecule has 1 N–H and O–H groups in total. The van der Waals surface area contributed by atoms with Gasteiger partial charge < -0.3 is 14.2 Å². The number of nitrogens with zero attached hydrogens (tertiary/aromatic N) is 7. The Hall–Kier alpha value is -6.56. The van der Waals surface area contributed by atoms with E-state index in [1.165, 1.54) is 31.4 Å². The smallest absolute Gasteiger partial charge is 0.497 e. The van der Waals surface area contributed by atoms with Crippen molar-refractivity contribution in [3.63, 3.8) is 0 Å². The lowest BCUT2D eigenvalue weighted by atomic mass is 10.0. The monoisotopic (exact) mass is 1120 g/mol. The number of anilines is 1. The highest BCUT2D eigenvalue weighted by Crippen LogP contribution is 2.68. The third-order valence-electron chi connectivity index (χ3n) is 12.2. The summed E-state index contributed by atoms with van der Waals surface area (Å²) in [4.78, 5) is 32.4. The maximum atomic E-state index is 15.6. The molecule has 2 saturated carbocycles. The molecule has 0 spiro atoms. The summed E-state index contributed by atoms with van der Waals surface area (Å²) in [6, 6.07) is 7.21. The second-order valence-electron chi connectivity index (χ2n) is 17.3. The molecule has 396 valence electrons. The average Bonchev–Trinajstić information content (AvgIpc) is 4.21. The van der Waals surface area contributed by atoms with Crippen molar-refractivity contribution < 1.29 is 83.2 Å². The van der Waals surface area contributed by atoms with Crippen LogP contribution in [0, 0.1) is 17.6 Å². The van der Waals surface area contributed by atoms with E-state index in [4.69, 9.17) is 16.3 Å². The number of alkyl halides is 10. The molecule has 2 fully saturated rings. The normalized spacial score (nSPS) is 17.8. The predicted molar refractivity (Wildman–Crippen MR) is 234 cm³/mol. The number of amides is 1. The maximum absolute atomic E-state index is 15.6. The van der Waals surface area contributed by atoms with Crippen LogP contribution in [0.3, 0.4) is 0 Å². The molecule has 6 aromatic rings. The minimum atomic E-state index is -6.72. The van der Waals surface area contributed by atoms with Gasteiger partial charge in [0.15, 0.2) is 11.5 Å². The molecule has 3 aliphatic carbocycles. The third-order valence-corrected chi connectivity index (χ3v) is 15.7. The Kier molecular flexibility index (Phi) is 13.0. The zero-order valence-corrected chi connectivity index (χ0v) is 39.6. The molecule has 31 heteroatoms. The molecule has 0 saturated heterocycles. The van der Waals surface area contributed by atoms with E-state index < -0.39 is 178 Å². The van der Waals surface area contributed by atoms with Crippen molar-refractivity contribution in [2.45, 2.75) is 86.6 Å². The van der Waals surface area contributed by atoms with Crippen molar-refractivity contribution >= 4 is 54.4 Å².